The largest absolute Gasteiger partial charge is 0.395 e. The number of rotatable bonds is 5. The number of aliphatic hydroxyl groups excluding tert-OH is 1. The Balaban J connectivity index is 1.97. The van der Waals surface area contributed by atoms with Crippen LogP contribution in [0.3, 0.4) is 0 Å². The zero-order valence-electron chi connectivity index (χ0n) is 11.2. The lowest BCUT2D eigenvalue weighted by molar-refractivity contribution is 0.218. The molecule has 0 saturated heterocycles. The molecule has 3 heteroatoms. The average molecular weight is 248 g/mol. The van der Waals surface area contributed by atoms with Crippen molar-refractivity contribution in [3.63, 3.8) is 0 Å². The van der Waals surface area contributed by atoms with Crippen molar-refractivity contribution >= 4 is 0 Å². The van der Waals surface area contributed by atoms with E-state index in [9.17, 15) is 0 Å². The molecule has 1 aromatic carbocycles. The van der Waals surface area contributed by atoms with Crippen molar-refractivity contribution in [1.29, 1.82) is 0 Å². The minimum absolute atomic E-state index is 0.0501. The maximum Gasteiger partial charge on any atom is 0.0595 e. The van der Waals surface area contributed by atoms with E-state index in [1.165, 1.54) is 42.4 Å². The fourth-order valence-corrected chi connectivity index (χ4v) is 2.72. The molecule has 0 saturated carbocycles. The summed E-state index contributed by atoms with van der Waals surface area (Å²) in [5.41, 5.74) is 10.2. The highest BCUT2D eigenvalue weighted by atomic mass is 16.3. The second-order valence-corrected chi connectivity index (χ2v) is 5.45. The van der Waals surface area contributed by atoms with Gasteiger partial charge in [0.15, 0.2) is 0 Å². The van der Waals surface area contributed by atoms with Crippen LogP contribution in [0.25, 0.3) is 0 Å². The van der Waals surface area contributed by atoms with E-state index in [-0.39, 0.29) is 12.6 Å². The molecule has 2 rings (SSSR count). The molecule has 18 heavy (non-hydrogen) atoms. The lowest BCUT2D eigenvalue weighted by Crippen LogP contribution is -2.37. The van der Waals surface area contributed by atoms with E-state index in [1.807, 2.05) is 0 Å². The summed E-state index contributed by atoms with van der Waals surface area (Å²) >= 11 is 0. The predicted octanol–water partition coefficient (Wildman–Crippen LogP) is 1.32. The van der Waals surface area contributed by atoms with Gasteiger partial charge in [-0.2, -0.15) is 0 Å². The van der Waals surface area contributed by atoms with E-state index >= 15 is 0 Å². The van der Waals surface area contributed by atoms with Crippen LogP contribution in [0.4, 0.5) is 0 Å². The minimum Gasteiger partial charge on any atom is -0.395 e. The molecule has 0 aliphatic heterocycles. The fraction of sp³-hybridized carbons (Fsp3) is 0.600. The Morgan fingerprint density at radius 3 is 2.72 bits per heavy atom. The SMILES string of the molecule is CN(Cc1ccc2c(c1)CCCC2)CC(N)CO. The first-order valence-electron chi connectivity index (χ1n) is 6.84. The van der Waals surface area contributed by atoms with Crippen molar-refractivity contribution in [3.05, 3.63) is 34.9 Å². The molecule has 0 spiro atoms. The van der Waals surface area contributed by atoms with Gasteiger partial charge in [-0.25, -0.2) is 0 Å². The van der Waals surface area contributed by atoms with Crippen molar-refractivity contribution in [2.45, 2.75) is 38.3 Å². The Hall–Kier alpha value is -0.900. The van der Waals surface area contributed by atoms with Gasteiger partial charge in [0.25, 0.3) is 0 Å². The van der Waals surface area contributed by atoms with E-state index in [2.05, 4.69) is 30.1 Å². The maximum absolute atomic E-state index is 8.96. The number of nitrogens with zero attached hydrogens (tertiary/aromatic N) is 1. The van der Waals surface area contributed by atoms with Gasteiger partial charge in [-0.05, 0) is 49.4 Å². The average Bonchev–Trinajstić information content (AvgIpc) is 2.38. The van der Waals surface area contributed by atoms with Gasteiger partial charge in [0.2, 0.25) is 0 Å². The van der Waals surface area contributed by atoms with Crippen LogP contribution in [0, 0.1) is 0 Å². The van der Waals surface area contributed by atoms with Crippen molar-refractivity contribution in [2.24, 2.45) is 5.73 Å². The molecule has 1 aliphatic carbocycles. The van der Waals surface area contributed by atoms with E-state index < -0.39 is 0 Å². The third-order valence-corrected chi connectivity index (χ3v) is 3.65. The van der Waals surface area contributed by atoms with Gasteiger partial charge in [-0.15, -0.1) is 0 Å². The molecule has 3 nitrogen and oxygen atoms in total. The lowest BCUT2D eigenvalue weighted by atomic mass is 9.90. The van der Waals surface area contributed by atoms with Gasteiger partial charge >= 0.3 is 0 Å². The molecular formula is C15H24N2O. The number of fused-ring (bicyclic) bond motifs is 1. The second kappa shape index (κ2) is 6.32. The number of hydrogen-bond acceptors (Lipinski definition) is 3. The first-order valence-corrected chi connectivity index (χ1v) is 6.84. The van der Waals surface area contributed by atoms with Gasteiger partial charge in [0, 0.05) is 19.1 Å². The predicted molar refractivity (Wildman–Crippen MR) is 74.5 cm³/mol. The first kappa shape index (κ1) is 13.5. The van der Waals surface area contributed by atoms with Crippen LogP contribution in [-0.2, 0) is 19.4 Å². The van der Waals surface area contributed by atoms with Gasteiger partial charge in [-0.3, -0.25) is 0 Å². The molecule has 1 aromatic rings. The third-order valence-electron chi connectivity index (χ3n) is 3.65. The van der Waals surface area contributed by atoms with E-state index in [1.54, 1.807) is 0 Å². The standard InChI is InChI=1S/C15H24N2O/c1-17(10-15(16)11-18)9-12-6-7-13-4-2-3-5-14(13)8-12/h6-8,15,18H,2-5,9-11,16H2,1H3. The highest BCUT2D eigenvalue weighted by Crippen LogP contribution is 2.22. The highest BCUT2D eigenvalue weighted by molar-refractivity contribution is 5.33. The maximum atomic E-state index is 8.96. The smallest absolute Gasteiger partial charge is 0.0595 e. The monoisotopic (exact) mass is 248 g/mol. The van der Waals surface area contributed by atoms with Crippen molar-refractivity contribution in [1.82, 2.24) is 4.90 Å². The van der Waals surface area contributed by atoms with Crippen LogP contribution in [-0.4, -0.2) is 36.2 Å². The summed E-state index contributed by atoms with van der Waals surface area (Å²) in [6.45, 7) is 1.68. The van der Waals surface area contributed by atoms with Crippen LogP contribution in [0.1, 0.15) is 29.5 Å². The number of hydrogen-bond donors (Lipinski definition) is 2. The molecule has 0 fully saturated rings. The van der Waals surface area contributed by atoms with E-state index in [0.29, 0.717) is 0 Å². The molecule has 0 amide bonds. The summed E-state index contributed by atoms with van der Waals surface area (Å²) in [6, 6.07) is 6.71. The van der Waals surface area contributed by atoms with Gasteiger partial charge in [0.1, 0.15) is 0 Å². The van der Waals surface area contributed by atoms with Crippen molar-refractivity contribution < 1.29 is 5.11 Å². The third kappa shape index (κ3) is 3.55. The topological polar surface area (TPSA) is 49.5 Å². The number of aliphatic hydroxyl groups is 1. The van der Waals surface area contributed by atoms with Crippen LogP contribution in [0.15, 0.2) is 18.2 Å². The minimum atomic E-state index is -0.146. The Morgan fingerprint density at radius 1 is 1.28 bits per heavy atom. The zero-order chi connectivity index (χ0) is 13.0. The van der Waals surface area contributed by atoms with Gasteiger partial charge < -0.3 is 15.7 Å². The molecule has 0 heterocycles. The Kier molecular flexibility index (Phi) is 4.75. The summed E-state index contributed by atoms with van der Waals surface area (Å²) in [5, 5.41) is 8.96. The van der Waals surface area contributed by atoms with E-state index in [4.69, 9.17) is 10.8 Å². The Labute approximate surface area is 110 Å². The van der Waals surface area contributed by atoms with Crippen LogP contribution >= 0.6 is 0 Å². The van der Waals surface area contributed by atoms with E-state index in [0.717, 1.165) is 13.1 Å². The van der Waals surface area contributed by atoms with Crippen molar-refractivity contribution in [3.8, 4) is 0 Å². The highest BCUT2D eigenvalue weighted by Gasteiger charge is 2.11. The van der Waals surface area contributed by atoms with Crippen LogP contribution < -0.4 is 5.73 Å². The number of likely N-dealkylation sites (N-methyl/N-ethyl adjacent to an activating group) is 1. The van der Waals surface area contributed by atoms with Crippen LogP contribution in [0.2, 0.25) is 0 Å². The van der Waals surface area contributed by atoms with Crippen molar-refractivity contribution in [2.75, 3.05) is 20.2 Å². The van der Waals surface area contributed by atoms with Gasteiger partial charge in [-0.1, -0.05) is 18.2 Å². The molecule has 0 bridgehead atoms. The molecule has 0 radical (unpaired) electrons. The number of benzene rings is 1. The summed E-state index contributed by atoms with van der Waals surface area (Å²) in [4.78, 5) is 2.17. The number of nitrogens with two attached hydrogens (primary N) is 1. The second-order valence-electron chi connectivity index (χ2n) is 5.45. The quantitative estimate of drug-likeness (QED) is 0.826. The van der Waals surface area contributed by atoms with Crippen LogP contribution in [0.5, 0.6) is 0 Å². The Morgan fingerprint density at radius 2 is 2.00 bits per heavy atom. The molecular weight excluding hydrogens is 224 g/mol. The summed E-state index contributed by atoms with van der Waals surface area (Å²) in [7, 11) is 2.05. The fourth-order valence-electron chi connectivity index (χ4n) is 2.72. The summed E-state index contributed by atoms with van der Waals surface area (Å²) < 4.78 is 0. The van der Waals surface area contributed by atoms with Gasteiger partial charge in [0.05, 0.1) is 6.61 Å². The normalized spacial score (nSPS) is 16.7. The summed E-state index contributed by atoms with van der Waals surface area (Å²) in [5.74, 6) is 0. The molecule has 1 atom stereocenters. The molecule has 100 valence electrons. The molecule has 1 unspecified atom stereocenters. The summed E-state index contributed by atoms with van der Waals surface area (Å²) in [6.07, 6.45) is 5.11. The number of aryl methyl sites for hydroxylation is 2. The molecule has 3 N–H and O–H groups in total. The Bertz CT molecular complexity index is 392. The molecule has 1 aliphatic rings. The molecule has 0 aromatic heterocycles. The lowest BCUT2D eigenvalue weighted by Gasteiger charge is -2.22. The first-order chi connectivity index (χ1) is 8.69. The zero-order valence-corrected chi connectivity index (χ0v) is 11.2.